The van der Waals surface area contributed by atoms with Crippen molar-refractivity contribution in [1.82, 2.24) is 4.98 Å². The van der Waals surface area contributed by atoms with Gasteiger partial charge in [-0.05, 0) is 36.8 Å². The summed E-state index contributed by atoms with van der Waals surface area (Å²) in [4.78, 5) is 6.60. The minimum absolute atomic E-state index is 0.423. The van der Waals surface area contributed by atoms with Gasteiger partial charge in [0.1, 0.15) is 5.82 Å². The van der Waals surface area contributed by atoms with Gasteiger partial charge in [0.25, 0.3) is 0 Å². The van der Waals surface area contributed by atoms with E-state index in [1.807, 2.05) is 23.9 Å². The molecule has 1 aliphatic rings. The zero-order chi connectivity index (χ0) is 11.5. The van der Waals surface area contributed by atoms with Crippen molar-refractivity contribution in [1.29, 1.82) is 0 Å². The minimum Gasteiger partial charge on any atom is -0.389 e. The van der Waals surface area contributed by atoms with Crippen molar-refractivity contribution in [2.24, 2.45) is 0 Å². The Morgan fingerprint density at radius 3 is 3.06 bits per heavy atom. The van der Waals surface area contributed by atoms with Gasteiger partial charge >= 0.3 is 0 Å². The van der Waals surface area contributed by atoms with Crippen molar-refractivity contribution in [2.45, 2.75) is 25.5 Å². The lowest BCUT2D eigenvalue weighted by Crippen LogP contribution is -2.31. The first-order valence-electron chi connectivity index (χ1n) is 5.63. The van der Waals surface area contributed by atoms with E-state index in [1.54, 1.807) is 13.1 Å². The van der Waals surface area contributed by atoms with Crippen LogP contribution in [0, 0.1) is 0 Å². The Labute approximate surface area is 101 Å². The molecule has 0 bridgehead atoms. The number of aromatic nitrogens is 1. The van der Waals surface area contributed by atoms with Crippen LogP contribution in [-0.2, 0) is 0 Å². The zero-order valence-electron chi connectivity index (χ0n) is 9.76. The molecule has 0 spiro atoms. The molecule has 88 valence electrons. The Bertz CT molecular complexity index is 351. The molecule has 1 unspecified atom stereocenters. The van der Waals surface area contributed by atoms with Gasteiger partial charge in [0.05, 0.1) is 6.10 Å². The molecule has 0 saturated carbocycles. The molecule has 1 N–H and O–H groups in total. The predicted molar refractivity (Wildman–Crippen MR) is 69.0 cm³/mol. The number of aliphatic hydroxyl groups excluding tert-OH is 1. The first-order chi connectivity index (χ1) is 7.68. The summed E-state index contributed by atoms with van der Waals surface area (Å²) in [6.45, 7) is 1.78. The van der Waals surface area contributed by atoms with Gasteiger partial charge in [0, 0.05) is 25.0 Å². The van der Waals surface area contributed by atoms with E-state index in [1.165, 1.54) is 17.9 Å². The lowest BCUT2D eigenvalue weighted by Gasteiger charge is -2.25. The highest BCUT2D eigenvalue weighted by Gasteiger charge is 2.21. The zero-order valence-corrected chi connectivity index (χ0v) is 10.6. The van der Waals surface area contributed by atoms with E-state index >= 15 is 0 Å². The van der Waals surface area contributed by atoms with Gasteiger partial charge in [0.15, 0.2) is 0 Å². The van der Waals surface area contributed by atoms with Crippen molar-refractivity contribution in [3.05, 3.63) is 23.9 Å². The summed E-state index contributed by atoms with van der Waals surface area (Å²) >= 11 is 2.00. The molecule has 0 aliphatic carbocycles. The van der Waals surface area contributed by atoms with Crippen LogP contribution < -0.4 is 4.90 Å². The van der Waals surface area contributed by atoms with Crippen LogP contribution in [0.1, 0.15) is 25.0 Å². The lowest BCUT2D eigenvalue weighted by atomic mass is 10.1. The van der Waals surface area contributed by atoms with Crippen LogP contribution in [0.15, 0.2) is 18.3 Å². The Kier molecular flexibility index (Phi) is 3.71. The largest absolute Gasteiger partial charge is 0.389 e. The standard InChI is InChI=1S/C12H18N2OS/c1-9(15)10-3-5-13-12(7-10)14(2)11-4-6-16-8-11/h3,5,7,9,11,15H,4,6,8H2,1-2H3/t9-,11?/m0/s1. The second kappa shape index (κ2) is 5.06. The van der Waals surface area contributed by atoms with Crippen molar-refractivity contribution in [2.75, 3.05) is 23.5 Å². The fourth-order valence-electron chi connectivity index (χ4n) is 1.90. The normalized spacial score (nSPS) is 22.1. The lowest BCUT2D eigenvalue weighted by molar-refractivity contribution is 0.199. The molecule has 2 heterocycles. The third kappa shape index (κ3) is 2.50. The monoisotopic (exact) mass is 238 g/mol. The molecule has 2 atom stereocenters. The van der Waals surface area contributed by atoms with E-state index < -0.39 is 6.10 Å². The van der Waals surface area contributed by atoms with Crippen LogP contribution in [-0.4, -0.2) is 34.7 Å². The van der Waals surface area contributed by atoms with Crippen LogP contribution >= 0.6 is 11.8 Å². The molecular formula is C12H18N2OS. The number of rotatable bonds is 3. The van der Waals surface area contributed by atoms with Gasteiger partial charge in [-0.15, -0.1) is 0 Å². The van der Waals surface area contributed by atoms with E-state index in [4.69, 9.17) is 0 Å². The highest BCUT2D eigenvalue weighted by Crippen LogP contribution is 2.25. The third-order valence-electron chi connectivity index (χ3n) is 3.07. The SMILES string of the molecule is C[C@H](O)c1ccnc(N(C)C2CCSC2)c1. The maximum atomic E-state index is 9.54. The predicted octanol–water partition coefficient (Wildman–Crippen LogP) is 2.08. The van der Waals surface area contributed by atoms with Crippen molar-refractivity contribution >= 4 is 17.6 Å². The number of pyridine rings is 1. The number of thioether (sulfide) groups is 1. The summed E-state index contributed by atoms with van der Waals surface area (Å²) in [5, 5.41) is 9.54. The third-order valence-corrected chi connectivity index (χ3v) is 4.21. The summed E-state index contributed by atoms with van der Waals surface area (Å²) in [6.07, 6.45) is 2.57. The molecule has 0 radical (unpaired) electrons. The fraction of sp³-hybridized carbons (Fsp3) is 0.583. The first-order valence-corrected chi connectivity index (χ1v) is 6.78. The molecular weight excluding hydrogens is 220 g/mol. The van der Waals surface area contributed by atoms with Crippen molar-refractivity contribution in [3.8, 4) is 0 Å². The summed E-state index contributed by atoms with van der Waals surface area (Å²) in [5.74, 6) is 3.38. The molecule has 0 aromatic carbocycles. The smallest absolute Gasteiger partial charge is 0.128 e. The molecule has 1 aromatic rings. The van der Waals surface area contributed by atoms with E-state index in [0.717, 1.165) is 11.4 Å². The van der Waals surface area contributed by atoms with E-state index in [-0.39, 0.29) is 0 Å². The Morgan fingerprint density at radius 1 is 1.62 bits per heavy atom. The average molecular weight is 238 g/mol. The maximum absolute atomic E-state index is 9.54. The average Bonchev–Trinajstić information content (AvgIpc) is 2.81. The second-order valence-corrected chi connectivity index (χ2v) is 5.40. The molecule has 4 heteroatoms. The van der Waals surface area contributed by atoms with Gasteiger partial charge in [-0.3, -0.25) is 0 Å². The molecule has 3 nitrogen and oxygen atoms in total. The quantitative estimate of drug-likeness (QED) is 0.874. The second-order valence-electron chi connectivity index (χ2n) is 4.25. The van der Waals surface area contributed by atoms with E-state index in [0.29, 0.717) is 6.04 Å². The van der Waals surface area contributed by atoms with E-state index in [2.05, 4.69) is 16.9 Å². The number of aliphatic hydroxyl groups is 1. The van der Waals surface area contributed by atoms with Gasteiger partial charge in [-0.2, -0.15) is 11.8 Å². The Hall–Kier alpha value is -0.740. The van der Waals surface area contributed by atoms with Crippen molar-refractivity contribution < 1.29 is 5.11 Å². The Balaban J connectivity index is 2.15. The molecule has 16 heavy (non-hydrogen) atoms. The highest BCUT2D eigenvalue weighted by molar-refractivity contribution is 7.99. The Morgan fingerprint density at radius 2 is 2.44 bits per heavy atom. The summed E-state index contributed by atoms with van der Waals surface area (Å²) in [7, 11) is 2.09. The van der Waals surface area contributed by atoms with Crippen LogP contribution in [0.3, 0.4) is 0 Å². The molecule has 1 saturated heterocycles. The van der Waals surface area contributed by atoms with Crippen LogP contribution in [0.25, 0.3) is 0 Å². The van der Waals surface area contributed by atoms with Crippen LogP contribution in [0.5, 0.6) is 0 Å². The fourth-order valence-corrected chi connectivity index (χ4v) is 3.17. The molecule has 2 rings (SSSR count). The maximum Gasteiger partial charge on any atom is 0.128 e. The first kappa shape index (κ1) is 11.7. The topological polar surface area (TPSA) is 36.4 Å². The number of nitrogens with zero attached hydrogens (tertiary/aromatic N) is 2. The summed E-state index contributed by atoms with van der Waals surface area (Å²) in [6, 6.07) is 4.43. The van der Waals surface area contributed by atoms with E-state index in [9.17, 15) is 5.11 Å². The number of anilines is 1. The highest BCUT2D eigenvalue weighted by atomic mass is 32.2. The van der Waals surface area contributed by atoms with Crippen LogP contribution in [0.4, 0.5) is 5.82 Å². The molecule has 1 aliphatic heterocycles. The summed E-state index contributed by atoms with van der Waals surface area (Å²) < 4.78 is 0. The van der Waals surface area contributed by atoms with Gasteiger partial charge in [0.2, 0.25) is 0 Å². The molecule has 1 aromatic heterocycles. The van der Waals surface area contributed by atoms with Gasteiger partial charge < -0.3 is 10.0 Å². The van der Waals surface area contributed by atoms with Crippen molar-refractivity contribution in [3.63, 3.8) is 0 Å². The molecule has 1 fully saturated rings. The number of hydrogen-bond donors (Lipinski definition) is 1. The van der Waals surface area contributed by atoms with Crippen LogP contribution in [0.2, 0.25) is 0 Å². The molecule has 0 amide bonds. The number of hydrogen-bond acceptors (Lipinski definition) is 4. The summed E-state index contributed by atoms with van der Waals surface area (Å²) in [5.41, 5.74) is 0.933. The van der Waals surface area contributed by atoms with Gasteiger partial charge in [-0.25, -0.2) is 4.98 Å². The minimum atomic E-state index is -0.423. The van der Waals surface area contributed by atoms with Gasteiger partial charge in [-0.1, -0.05) is 0 Å².